The van der Waals surface area contributed by atoms with Crippen molar-refractivity contribution < 1.29 is 28.9 Å². The Morgan fingerprint density at radius 3 is 2.84 bits per heavy atom. The summed E-state index contributed by atoms with van der Waals surface area (Å²) in [6.07, 6.45) is 1.74. The number of nitrogens with one attached hydrogen (secondary N) is 1. The number of carbonyl (C=O) groups excluding carboxylic acids is 3. The Hall–Kier alpha value is -3.91. The van der Waals surface area contributed by atoms with Crippen molar-refractivity contribution in [2.24, 2.45) is 10.6 Å². The van der Waals surface area contributed by atoms with Gasteiger partial charge in [0, 0.05) is 29.8 Å². The predicted octanol–water partition coefficient (Wildman–Crippen LogP) is -1.06. The summed E-state index contributed by atoms with van der Waals surface area (Å²) in [5.41, 5.74) is 11.9. The van der Waals surface area contributed by atoms with Gasteiger partial charge in [-0.05, 0) is 6.07 Å². The van der Waals surface area contributed by atoms with Crippen molar-refractivity contribution in [1.82, 2.24) is 15.2 Å². The van der Waals surface area contributed by atoms with Crippen molar-refractivity contribution in [3.8, 4) is 0 Å². The Labute approximate surface area is 219 Å². The van der Waals surface area contributed by atoms with Gasteiger partial charge in [0.1, 0.15) is 24.2 Å². The second-order valence-electron chi connectivity index (χ2n) is 8.80. The highest BCUT2D eigenvalue weighted by Gasteiger charge is 2.57. The van der Waals surface area contributed by atoms with E-state index in [1.165, 1.54) is 23.8 Å². The number of aliphatic carboxylic acids is 1. The lowest BCUT2D eigenvalue weighted by Crippen LogP contribution is -2.75. The molecule has 12 nitrogen and oxygen atoms in total. The fourth-order valence-corrected chi connectivity index (χ4v) is 6.66. The number of pyridine rings is 1. The number of nitrogens with zero attached hydrogens (tertiary/aromatic N) is 4. The number of rotatable bonds is 7. The molecule has 2 aromatic heterocycles. The molecule has 0 spiro atoms. The Kier molecular flexibility index (Phi) is 6.37. The van der Waals surface area contributed by atoms with Crippen LogP contribution < -0.4 is 26.5 Å². The van der Waals surface area contributed by atoms with E-state index in [-0.39, 0.29) is 35.4 Å². The second kappa shape index (κ2) is 9.52. The number of fused-ring (bicyclic) bond motifs is 2. The van der Waals surface area contributed by atoms with Gasteiger partial charge in [-0.1, -0.05) is 17.3 Å². The van der Waals surface area contributed by atoms with Gasteiger partial charge >= 0.3 is 0 Å². The number of hydrogen-bond acceptors (Lipinski definition) is 11. The number of carbonyl (C=O) groups is 3. The van der Waals surface area contributed by atoms with Crippen molar-refractivity contribution in [3.05, 3.63) is 47.6 Å². The minimum atomic E-state index is -1.34. The van der Waals surface area contributed by atoms with Crippen LogP contribution in [0.5, 0.6) is 0 Å². The zero-order chi connectivity index (χ0) is 26.3. The van der Waals surface area contributed by atoms with Crippen LogP contribution in [0.3, 0.4) is 0 Å². The van der Waals surface area contributed by atoms with Crippen LogP contribution in [-0.4, -0.2) is 64.2 Å². The summed E-state index contributed by atoms with van der Waals surface area (Å²) >= 11 is 2.42. The Morgan fingerprint density at radius 1 is 1.35 bits per heavy atom. The minimum absolute atomic E-state index is 0.0501. The number of nitrogens with two attached hydrogens (primary N) is 2. The summed E-state index contributed by atoms with van der Waals surface area (Å²) in [7, 11) is 1.29. The molecule has 1 aromatic carbocycles. The molecule has 192 valence electrons. The third-order valence-corrected chi connectivity index (χ3v) is 8.72. The van der Waals surface area contributed by atoms with E-state index in [0.717, 1.165) is 22.2 Å². The number of thiazole rings is 1. The molecule has 14 heteroatoms. The van der Waals surface area contributed by atoms with E-state index in [4.69, 9.17) is 16.3 Å². The van der Waals surface area contributed by atoms with Crippen molar-refractivity contribution in [1.29, 1.82) is 0 Å². The lowest BCUT2D eigenvalue weighted by molar-refractivity contribution is -0.683. The molecule has 2 unspecified atom stereocenters. The molecule has 37 heavy (non-hydrogen) atoms. The molecule has 0 radical (unpaired) electrons. The summed E-state index contributed by atoms with van der Waals surface area (Å²) in [4.78, 5) is 48.6. The van der Waals surface area contributed by atoms with Crippen molar-refractivity contribution in [3.63, 3.8) is 0 Å². The number of amides is 2. The van der Waals surface area contributed by atoms with Crippen LogP contribution in [-0.2, 0) is 25.8 Å². The third-order valence-electron chi connectivity index (χ3n) is 6.46. The van der Waals surface area contributed by atoms with E-state index in [1.54, 1.807) is 17.6 Å². The Balaban J connectivity index is 1.34. The molecule has 5 N–H and O–H groups in total. The first-order valence-corrected chi connectivity index (χ1v) is 13.1. The molecule has 3 aromatic rings. The maximum absolute atomic E-state index is 13.0. The molecule has 4 heterocycles. The molecule has 5 rings (SSSR count). The van der Waals surface area contributed by atoms with Crippen molar-refractivity contribution in [2.75, 3.05) is 30.9 Å². The molecule has 2 aliphatic rings. The number of nitrogen functional groups attached to an aromatic ring is 2. The van der Waals surface area contributed by atoms with E-state index in [2.05, 4.69) is 15.5 Å². The number of oxime groups is 1. The van der Waals surface area contributed by atoms with Gasteiger partial charge in [0.25, 0.3) is 5.91 Å². The maximum atomic E-state index is 13.0. The summed E-state index contributed by atoms with van der Waals surface area (Å²) in [6.45, 7) is 0.0398. The normalized spacial score (nSPS) is 23.3. The van der Waals surface area contributed by atoms with Crippen LogP contribution in [0.15, 0.2) is 47.1 Å². The van der Waals surface area contributed by atoms with Gasteiger partial charge in [-0.15, -0.1) is 23.1 Å². The highest BCUT2D eigenvalue weighted by molar-refractivity contribution is 8.00. The second-order valence-corrected chi connectivity index (χ2v) is 10.8. The molecule has 0 saturated carbocycles. The summed E-state index contributed by atoms with van der Waals surface area (Å²) in [6, 6.07) is 8.31. The van der Waals surface area contributed by atoms with Crippen LogP contribution in [0.2, 0.25) is 0 Å². The highest BCUT2D eigenvalue weighted by Crippen LogP contribution is 2.42. The number of carboxylic acid groups (broad SMARTS) is 1. The number of β-lactam (4-membered cyclic amide) rings is 1. The lowest BCUT2D eigenvalue weighted by atomic mass is 9.86. The molecular weight excluding hydrogens is 518 g/mol. The highest BCUT2D eigenvalue weighted by atomic mass is 32.2. The van der Waals surface area contributed by atoms with Gasteiger partial charge in [0.2, 0.25) is 11.4 Å². The standard InChI is InChI=1S/C23H23N7O5S2/c1-35-28-16(14-8-36-22(25)26-14)18(31)27-17-19(32)30-10-23(21(33)34,11-37-20(17)30)9-29-7-6-13(24)12-4-2-3-5-15(12)29/h2-8,17,20,24H,9-11H2,1H3,(H4,25,26,27,31,33,34)/t17?,20-,23?/m1/s1. The van der Waals surface area contributed by atoms with Crippen LogP contribution in [0.4, 0.5) is 10.8 Å². The number of benzene rings is 1. The Morgan fingerprint density at radius 2 is 2.14 bits per heavy atom. The summed E-state index contributed by atoms with van der Waals surface area (Å²) in [5.74, 6) is -2.10. The zero-order valence-corrected chi connectivity index (χ0v) is 21.3. The molecule has 2 amide bonds. The number of thioether (sulfide) groups is 1. The van der Waals surface area contributed by atoms with Gasteiger partial charge in [0.05, 0.1) is 22.5 Å². The fraction of sp³-hybridized carbons (Fsp3) is 0.304. The number of hydrogen-bond donors (Lipinski definition) is 3. The van der Waals surface area contributed by atoms with Gasteiger partial charge in [-0.25, -0.2) is 4.98 Å². The molecular formula is C23H23N7O5S2. The summed E-state index contributed by atoms with van der Waals surface area (Å²) in [5, 5.41) is 21.0. The number of anilines is 2. The Bertz CT molecular complexity index is 1440. The van der Waals surface area contributed by atoms with Gasteiger partial charge in [0.15, 0.2) is 23.6 Å². The van der Waals surface area contributed by atoms with Crippen LogP contribution in [0.25, 0.3) is 10.9 Å². The molecule has 2 fully saturated rings. The molecule has 0 aliphatic carbocycles. The average molecular weight is 542 g/mol. The van der Waals surface area contributed by atoms with Gasteiger partial charge < -0.3 is 36.4 Å². The number of para-hydroxylation sites is 1. The lowest BCUT2D eigenvalue weighted by Gasteiger charge is -2.54. The fourth-order valence-electron chi connectivity index (χ4n) is 4.59. The van der Waals surface area contributed by atoms with E-state index in [1.807, 2.05) is 28.8 Å². The molecule has 3 atom stereocenters. The molecule has 0 bridgehead atoms. The van der Waals surface area contributed by atoms with Crippen molar-refractivity contribution >= 4 is 68.3 Å². The quantitative estimate of drug-likeness (QED) is 0.145. The smallest absolute Gasteiger partial charge is 0.276 e. The van der Waals surface area contributed by atoms with Crippen LogP contribution >= 0.6 is 23.1 Å². The zero-order valence-electron chi connectivity index (χ0n) is 19.6. The summed E-state index contributed by atoms with van der Waals surface area (Å²) < 4.78 is 1.82. The van der Waals surface area contributed by atoms with Crippen LogP contribution in [0, 0.1) is 5.41 Å². The molecule has 2 aliphatic heterocycles. The number of aromatic nitrogens is 2. The molecule has 2 saturated heterocycles. The first-order valence-electron chi connectivity index (χ1n) is 11.2. The maximum Gasteiger partial charge on any atom is 0.276 e. The van der Waals surface area contributed by atoms with Gasteiger partial charge in [-0.3, -0.25) is 9.59 Å². The van der Waals surface area contributed by atoms with Crippen LogP contribution in [0.1, 0.15) is 5.69 Å². The van der Waals surface area contributed by atoms with E-state index >= 15 is 0 Å². The number of carboxylic acids is 1. The van der Waals surface area contributed by atoms with E-state index in [9.17, 15) is 19.5 Å². The first kappa shape index (κ1) is 24.8. The topological polar surface area (TPSA) is 180 Å². The van der Waals surface area contributed by atoms with Crippen molar-refractivity contribution in [2.45, 2.75) is 18.0 Å². The SMILES string of the molecule is CON=C(C(=O)NC1C(=O)N2CC(C[n+]3ccc(N)c4ccccc43)(C(=O)[O-])CS[C@H]12)c1csc(N)n1. The van der Waals surface area contributed by atoms with E-state index < -0.39 is 34.6 Å². The first-order chi connectivity index (χ1) is 17.7. The van der Waals surface area contributed by atoms with Gasteiger partial charge in [-0.2, -0.15) is 4.57 Å². The van der Waals surface area contributed by atoms with E-state index in [0.29, 0.717) is 5.69 Å². The minimum Gasteiger partial charge on any atom is -0.549 e. The largest absolute Gasteiger partial charge is 0.549 e. The third kappa shape index (κ3) is 4.31. The predicted molar refractivity (Wildman–Crippen MR) is 136 cm³/mol. The monoisotopic (exact) mass is 541 g/mol. The average Bonchev–Trinajstić information content (AvgIpc) is 3.33.